The highest BCUT2D eigenvalue weighted by Crippen LogP contribution is 2.20. The first-order valence-electron chi connectivity index (χ1n) is 7.49. The van der Waals surface area contributed by atoms with E-state index in [9.17, 15) is 13.2 Å². The zero-order chi connectivity index (χ0) is 16.6. The molecule has 0 bridgehead atoms. The van der Waals surface area contributed by atoms with E-state index in [2.05, 4.69) is 10.3 Å². The fraction of sp³-hybridized carbons (Fsp3) is 0.375. The lowest BCUT2D eigenvalue weighted by molar-refractivity contribution is 0.0940. The van der Waals surface area contributed by atoms with Crippen LogP contribution < -0.4 is 5.32 Å². The number of nitrogens with zero attached hydrogens (tertiary/aromatic N) is 2. The Hall–Kier alpha value is -2.15. The Morgan fingerprint density at radius 1 is 1.35 bits per heavy atom. The van der Waals surface area contributed by atoms with Crippen LogP contribution in [0, 0.1) is 13.8 Å². The van der Waals surface area contributed by atoms with Crippen molar-refractivity contribution in [2.75, 3.05) is 11.5 Å². The summed E-state index contributed by atoms with van der Waals surface area (Å²) in [7, 11) is -3.01. The zero-order valence-electron chi connectivity index (χ0n) is 13.1. The summed E-state index contributed by atoms with van der Waals surface area (Å²) in [5.41, 5.74) is 2.25. The summed E-state index contributed by atoms with van der Waals surface area (Å²) >= 11 is 0. The van der Waals surface area contributed by atoms with Crippen LogP contribution in [0.4, 0.5) is 0 Å². The molecule has 1 fully saturated rings. The van der Waals surface area contributed by atoms with Gasteiger partial charge in [-0.15, -0.1) is 0 Å². The molecule has 3 heterocycles. The summed E-state index contributed by atoms with van der Waals surface area (Å²) in [4.78, 5) is 16.8. The van der Waals surface area contributed by atoms with Gasteiger partial charge in [0.05, 0.1) is 17.1 Å². The van der Waals surface area contributed by atoms with Gasteiger partial charge in [0.2, 0.25) is 0 Å². The molecular weight excluding hydrogens is 314 g/mol. The zero-order valence-corrected chi connectivity index (χ0v) is 13.9. The first-order chi connectivity index (χ1) is 10.9. The number of carbonyl (C=O) groups excluding carboxylic acids is 1. The number of aryl methyl sites for hydroxylation is 1. The molecule has 1 unspecified atom stereocenters. The summed E-state index contributed by atoms with van der Waals surface area (Å²) in [5, 5.41) is 2.83. The van der Waals surface area contributed by atoms with Crippen molar-refractivity contribution in [3.05, 3.63) is 47.4 Å². The van der Waals surface area contributed by atoms with Gasteiger partial charge in [-0.25, -0.2) is 13.4 Å². The van der Waals surface area contributed by atoms with Crippen molar-refractivity contribution >= 4 is 15.7 Å². The number of hydrogen-bond donors (Lipinski definition) is 1. The first kappa shape index (κ1) is 15.7. The van der Waals surface area contributed by atoms with Gasteiger partial charge < -0.3 is 9.88 Å². The van der Waals surface area contributed by atoms with E-state index in [0.29, 0.717) is 12.0 Å². The van der Waals surface area contributed by atoms with Crippen LogP contribution in [0.25, 0.3) is 5.82 Å². The molecule has 0 spiro atoms. The average molecular weight is 333 g/mol. The molecule has 3 rings (SSSR count). The highest BCUT2D eigenvalue weighted by atomic mass is 32.2. The van der Waals surface area contributed by atoms with Gasteiger partial charge >= 0.3 is 0 Å². The van der Waals surface area contributed by atoms with E-state index < -0.39 is 9.84 Å². The third kappa shape index (κ3) is 3.14. The van der Waals surface area contributed by atoms with Crippen LogP contribution in [0.2, 0.25) is 0 Å². The Morgan fingerprint density at radius 2 is 2.13 bits per heavy atom. The maximum Gasteiger partial charge on any atom is 0.253 e. The van der Waals surface area contributed by atoms with Crippen LogP contribution in [0.1, 0.15) is 28.2 Å². The normalized spacial score (nSPS) is 19.7. The van der Waals surface area contributed by atoms with Crippen LogP contribution in [0.15, 0.2) is 30.5 Å². The third-order valence-electron chi connectivity index (χ3n) is 4.12. The second-order valence-corrected chi connectivity index (χ2v) is 8.11. The minimum absolute atomic E-state index is 0.0255. The van der Waals surface area contributed by atoms with Crippen molar-refractivity contribution in [2.45, 2.75) is 26.3 Å². The molecule has 2 aromatic heterocycles. The predicted octanol–water partition coefficient (Wildman–Crippen LogP) is 1.41. The van der Waals surface area contributed by atoms with Gasteiger partial charge in [-0.05, 0) is 38.5 Å². The molecule has 0 aromatic carbocycles. The molecule has 0 saturated carbocycles. The van der Waals surface area contributed by atoms with E-state index in [0.717, 1.165) is 17.2 Å². The molecule has 1 N–H and O–H groups in total. The van der Waals surface area contributed by atoms with E-state index in [1.54, 1.807) is 6.20 Å². The summed E-state index contributed by atoms with van der Waals surface area (Å²) in [5.74, 6) is 0.690. The minimum atomic E-state index is -3.01. The second kappa shape index (κ2) is 5.81. The van der Waals surface area contributed by atoms with Crippen LogP contribution >= 0.6 is 0 Å². The van der Waals surface area contributed by atoms with Crippen LogP contribution in [-0.4, -0.2) is 41.4 Å². The highest BCUT2D eigenvalue weighted by Gasteiger charge is 2.30. The van der Waals surface area contributed by atoms with Crippen molar-refractivity contribution in [3.63, 3.8) is 0 Å². The number of carbonyl (C=O) groups is 1. The number of amides is 1. The molecule has 1 amide bonds. The number of rotatable bonds is 3. The van der Waals surface area contributed by atoms with Crippen molar-refractivity contribution < 1.29 is 13.2 Å². The largest absolute Gasteiger partial charge is 0.348 e. The van der Waals surface area contributed by atoms with Crippen molar-refractivity contribution in [1.29, 1.82) is 0 Å². The Bertz CT molecular complexity index is 841. The topological polar surface area (TPSA) is 81.1 Å². The molecule has 1 atom stereocenters. The molecule has 1 saturated heterocycles. The summed E-state index contributed by atoms with van der Waals surface area (Å²) in [6.45, 7) is 3.78. The molecule has 23 heavy (non-hydrogen) atoms. The molecule has 1 aliphatic heterocycles. The van der Waals surface area contributed by atoms with Gasteiger partial charge in [0.15, 0.2) is 9.84 Å². The number of pyridine rings is 1. The smallest absolute Gasteiger partial charge is 0.253 e. The van der Waals surface area contributed by atoms with Crippen LogP contribution in [0.3, 0.4) is 0 Å². The molecule has 7 heteroatoms. The van der Waals surface area contributed by atoms with Gasteiger partial charge in [0, 0.05) is 23.6 Å². The Morgan fingerprint density at radius 3 is 2.74 bits per heavy atom. The van der Waals surface area contributed by atoms with E-state index in [-0.39, 0.29) is 23.5 Å². The van der Waals surface area contributed by atoms with E-state index in [4.69, 9.17) is 0 Å². The van der Waals surface area contributed by atoms with Gasteiger partial charge in [0.1, 0.15) is 5.82 Å². The fourth-order valence-corrected chi connectivity index (χ4v) is 4.68. The average Bonchev–Trinajstić information content (AvgIpc) is 2.99. The maximum atomic E-state index is 12.5. The summed E-state index contributed by atoms with van der Waals surface area (Å²) in [6.07, 6.45) is 2.18. The minimum Gasteiger partial charge on any atom is -0.348 e. The molecule has 0 aliphatic carbocycles. The standard InChI is InChI=1S/C16H19N3O3S/c1-11-9-14(12(2)19(11)15-5-3-4-7-17-15)16(20)18-13-6-8-23(21,22)10-13/h3-5,7,9,13H,6,8,10H2,1-2H3,(H,18,20). The SMILES string of the molecule is Cc1cc(C(=O)NC2CCS(=O)(=O)C2)c(C)n1-c1ccccn1. The Labute approximate surface area is 135 Å². The number of aromatic nitrogens is 2. The maximum absolute atomic E-state index is 12.5. The predicted molar refractivity (Wildman–Crippen MR) is 87.6 cm³/mol. The van der Waals surface area contributed by atoms with Gasteiger partial charge in [-0.2, -0.15) is 0 Å². The fourth-order valence-electron chi connectivity index (χ4n) is 3.00. The van der Waals surface area contributed by atoms with Gasteiger partial charge in [0.25, 0.3) is 5.91 Å². The number of nitrogens with one attached hydrogen (secondary N) is 1. The highest BCUT2D eigenvalue weighted by molar-refractivity contribution is 7.91. The lowest BCUT2D eigenvalue weighted by Crippen LogP contribution is -2.35. The van der Waals surface area contributed by atoms with Crippen LogP contribution in [0.5, 0.6) is 0 Å². The molecule has 0 radical (unpaired) electrons. The lowest BCUT2D eigenvalue weighted by Gasteiger charge is -2.11. The molecular formula is C16H19N3O3S. The summed E-state index contributed by atoms with van der Waals surface area (Å²) < 4.78 is 24.9. The van der Waals surface area contributed by atoms with E-state index in [1.165, 1.54) is 0 Å². The Balaban J connectivity index is 1.85. The number of sulfone groups is 1. The van der Waals surface area contributed by atoms with Crippen LogP contribution in [-0.2, 0) is 9.84 Å². The Kier molecular flexibility index (Phi) is 3.97. The third-order valence-corrected chi connectivity index (χ3v) is 5.89. The first-order valence-corrected chi connectivity index (χ1v) is 9.31. The van der Waals surface area contributed by atoms with E-state index in [1.807, 2.05) is 42.7 Å². The van der Waals surface area contributed by atoms with Crippen molar-refractivity contribution in [3.8, 4) is 5.82 Å². The second-order valence-electron chi connectivity index (χ2n) is 5.88. The van der Waals surface area contributed by atoms with Crippen molar-refractivity contribution in [1.82, 2.24) is 14.9 Å². The molecule has 1 aliphatic rings. The molecule has 2 aromatic rings. The lowest BCUT2D eigenvalue weighted by atomic mass is 10.2. The van der Waals surface area contributed by atoms with Crippen molar-refractivity contribution in [2.24, 2.45) is 0 Å². The monoisotopic (exact) mass is 333 g/mol. The number of hydrogen-bond acceptors (Lipinski definition) is 4. The molecule has 6 nitrogen and oxygen atoms in total. The summed E-state index contributed by atoms with van der Waals surface area (Å²) in [6, 6.07) is 7.12. The quantitative estimate of drug-likeness (QED) is 0.921. The van der Waals surface area contributed by atoms with Gasteiger partial charge in [-0.1, -0.05) is 6.07 Å². The van der Waals surface area contributed by atoms with Gasteiger partial charge in [-0.3, -0.25) is 4.79 Å². The molecule has 122 valence electrons. The van der Waals surface area contributed by atoms with E-state index >= 15 is 0 Å².